The highest BCUT2D eigenvalue weighted by molar-refractivity contribution is 7.89. The Bertz CT molecular complexity index is 675. The van der Waals surface area contributed by atoms with Crippen LogP contribution in [0.5, 0.6) is 0 Å². The van der Waals surface area contributed by atoms with Gasteiger partial charge in [-0.3, -0.25) is 0 Å². The Morgan fingerprint density at radius 1 is 1.43 bits per heavy atom. The third kappa shape index (κ3) is 3.82. The molecule has 2 rings (SSSR count). The highest BCUT2D eigenvalue weighted by Gasteiger charge is 2.32. The molecule has 114 valence electrons. The third-order valence-electron chi connectivity index (χ3n) is 3.63. The Kier molecular flexibility index (Phi) is 4.38. The molecule has 1 saturated heterocycles. The van der Waals surface area contributed by atoms with Crippen LogP contribution in [0, 0.1) is 18.3 Å². The Labute approximate surface area is 126 Å². The minimum atomic E-state index is -3.63. The van der Waals surface area contributed by atoms with Gasteiger partial charge >= 0.3 is 0 Å². The number of nitrogens with one attached hydrogen (secondary N) is 1. The minimum Gasteiger partial charge on any atom is -0.375 e. The largest absolute Gasteiger partial charge is 0.375 e. The first kappa shape index (κ1) is 16.0. The zero-order valence-electron chi connectivity index (χ0n) is 12.5. The van der Waals surface area contributed by atoms with E-state index >= 15 is 0 Å². The number of benzene rings is 1. The molecule has 1 unspecified atom stereocenters. The lowest BCUT2D eigenvalue weighted by Gasteiger charge is -2.35. The monoisotopic (exact) mass is 308 g/mol. The zero-order valence-corrected chi connectivity index (χ0v) is 13.3. The van der Waals surface area contributed by atoms with E-state index < -0.39 is 10.0 Å². The van der Waals surface area contributed by atoms with Gasteiger partial charge in [0.2, 0.25) is 10.0 Å². The molecule has 1 atom stereocenters. The van der Waals surface area contributed by atoms with Crippen LogP contribution in [0.1, 0.15) is 37.8 Å². The van der Waals surface area contributed by atoms with Crippen molar-refractivity contribution in [3.63, 3.8) is 0 Å². The fourth-order valence-corrected chi connectivity index (χ4v) is 4.12. The highest BCUT2D eigenvalue weighted by atomic mass is 32.2. The molecule has 6 heteroatoms. The molecule has 0 aromatic heterocycles. The smallest absolute Gasteiger partial charge is 0.241 e. The van der Waals surface area contributed by atoms with Gasteiger partial charge in [0.1, 0.15) is 0 Å². The van der Waals surface area contributed by atoms with E-state index in [2.05, 4.69) is 4.72 Å². The predicted molar refractivity (Wildman–Crippen MR) is 79.3 cm³/mol. The maximum absolute atomic E-state index is 12.5. The molecule has 1 aromatic carbocycles. The number of hydrogen-bond acceptors (Lipinski definition) is 4. The van der Waals surface area contributed by atoms with Gasteiger partial charge in [-0.05, 0) is 51.3 Å². The molecule has 0 spiro atoms. The van der Waals surface area contributed by atoms with Gasteiger partial charge in [-0.15, -0.1) is 0 Å². The van der Waals surface area contributed by atoms with E-state index in [-0.39, 0.29) is 16.5 Å². The normalized spacial score (nSPS) is 21.7. The van der Waals surface area contributed by atoms with Crippen molar-refractivity contribution in [3.8, 4) is 6.07 Å². The van der Waals surface area contributed by atoms with Crippen molar-refractivity contribution < 1.29 is 13.2 Å². The second kappa shape index (κ2) is 5.76. The molecule has 0 aliphatic carbocycles. The second-order valence-corrected chi connectivity index (χ2v) is 7.69. The lowest BCUT2D eigenvalue weighted by atomic mass is 9.95. The van der Waals surface area contributed by atoms with Gasteiger partial charge in [0.05, 0.1) is 22.1 Å². The standard InChI is InChI=1S/C15H20N2O3S/c1-11-4-5-12(10-16)8-14(11)21(18,19)17-13-6-7-20-15(2,3)9-13/h4-5,8,13,17H,6-7,9H2,1-3H3. The maximum atomic E-state index is 12.5. The maximum Gasteiger partial charge on any atom is 0.241 e. The number of hydrogen-bond donors (Lipinski definition) is 1. The summed E-state index contributed by atoms with van der Waals surface area (Å²) in [5, 5.41) is 8.93. The Morgan fingerprint density at radius 2 is 2.14 bits per heavy atom. The van der Waals surface area contributed by atoms with Gasteiger partial charge in [0.15, 0.2) is 0 Å². The molecule has 1 N–H and O–H groups in total. The summed E-state index contributed by atoms with van der Waals surface area (Å²) in [6, 6.07) is 6.51. The molecular formula is C15H20N2O3S. The number of rotatable bonds is 3. The van der Waals surface area contributed by atoms with Crippen LogP contribution in [0.2, 0.25) is 0 Å². The van der Waals surface area contributed by atoms with Crippen LogP contribution in [-0.4, -0.2) is 26.7 Å². The first-order chi connectivity index (χ1) is 9.73. The van der Waals surface area contributed by atoms with Crippen molar-refractivity contribution in [2.24, 2.45) is 0 Å². The van der Waals surface area contributed by atoms with Gasteiger partial charge in [0.25, 0.3) is 0 Å². The average molecular weight is 308 g/mol. The third-order valence-corrected chi connectivity index (χ3v) is 5.29. The number of nitrogens with zero attached hydrogens (tertiary/aromatic N) is 1. The van der Waals surface area contributed by atoms with Gasteiger partial charge < -0.3 is 4.74 Å². The minimum absolute atomic E-state index is 0.149. The first-order valence-corrected chi connectivity index (χ1v) is 8.39. The van der Waals surface area contributed by atoms with Crippen molar-refractivity contribution in [3.05, 3.63) is 29.3 Å². The molecule has 1 fully saturated rings. The Morgan fingerprint density at radius 3 is 2.76 bits per heavy atom. The van der Waals surface area contributed by atoms with Crippen LogP contribution in [0.3, 0.4) is 0 Å². The van der Waals surface area contributed by atoms with E-state index in [4.69, 9.17) is 10.00 Å². The summed E-state index contributed by atoms with van der Waals surface area (Å²) >= 11 is 0. The van der Waals surface area contributed by atoms with Crippen molar-refractivity contribution in [1.82, 2.24) is 4.72 Å². The fraction of sp³-hybridized carbons (Fsp3) is 0.533. The SMILES string of the molecule is Cc1ccc(C#N)cc1S(=O)(=O)NC1CCOC(C)(C)C1. The second-order valence-electron chi connectivity index (χ2n) is 6.01. The number of aryl methyl sites for hydroxylation is 1. The Hall–Kier alpha value is -1.42. The molecule has 0 amide bonds. The van der Waals surface area contributed by atoms with Gasteiger partial charge in [-0.25, -0.2) is 13.1 Å². The van der Waals surface area contributed by atoms with Crippen molar-refractivity contribution in [2.75, 3.05) is 6.61 Å². The molecule has 1 aliphatic heterocycles. The molecular weight excluding hydrogens is 288 g/mol. The van der Waals surface area contributed by atoms with E-state index in [1.807, 2.05) is 19.9 Å². The predicted octanol–water partition coefficient (Wildman–Crippen LogP) is 2.10. The van der Waals surface area contributed by atoms with Gasteiger partial charge in [0, 0.05) is 12.6 Å². The molecule has 21 heavy (non-hydrogen) atoms. The first-order valence-electron chi connectivity index (χ1n) is 6.90. The lowest BCUT2D eigenvalue weighted by molar-refractivity contribution is -0.0599. The molecule has 0 radical (unpaired) electrons. The Balaban J connectivity index is 2.25. The quantitative estimate of drug-likeness (QED) is 0.927. The lowest BCUT2D eigenvalue weighted by Crippen LogP contribution is -2.45. The van der Waals surface area contributed by atoms with Gasteiger partial charge in [-0.2, -0.15) is 5.26 Å². The van der Waals surface area contributed by atoms with Crippen LogP contribution in [-0.2, 0) is 14.8 Å². The molecule has 1 aromatic rings. The van der Waals surface area contributed by atoms with E-state index in [1.165, 1.54) is 6.07 Å². The van der Waals surface area contributed by atoms with Crippen LogP contribution < -0.4 is 4.72 Å². The molecule has 0 bridgehead atoms. The van der Waals surface area contributed by atoms with Crippen LogP contribution in [0.4, 0.5) is 0 Å². The fourth-order valence-electron chi connectivity index (χ4n) is 2.57. The van der Waals surface area contributed by atoms with Crippen LogP contribution in [0.25, 0.3) is 0 Å². The highest BCUT2D eigenvalue weighted by Crippen LogP contribution is 2.26. The molecule has 0 saturated carbocycles. The van der Waals surface area contributed by atoms with Crippen LogP contribution >= 0.6 is 0 Å². The summed E-state index contributed by atoms with van der Waals surface area (Å²) in [4.78, 5) is 0.172. The summed E-state index contributed by atoms with van der Waals surface area (Å²) in [7, 11) is -3.63. The van der Waals surface area contributed by atoms with E-state index in [0.29, 0.717) is 30.6 Å². The van der Waals surface area contributed by atoms with Crippen molar-refractivity contribution >= 4 is 10.0 Å². The topological polar surface area (TPSA) is 79.2 Å². The zero-order chi connectivity index (χ0) is 15.7. The van der Waals surface area contributed by atoms with E-state index in [0.717, 1.165) is 0 Å². The van der Waals surface area contributed by atoms with Crippen molar-refractivity contribution in [2.45, 2.75) is 50.2 Å². The number of sulfonamides is 1. The summed E-state index contributed by atoms with van der Waals surface area (Å²) in [6.45, 7) is 6.17. The summed E-state index contributed by atoms with van der Waals surface area (Å²) in [5.41, 5.74) is 0.649. The average Bonchev–Trinajstić information content (AvgIpc) is 2.37. The summed E-state index contributed by atoms with van der Waals surface area (Å²) in [5.74, 6) is 0. The summed E-state index contributed by atoms with van der Waals surface area (Å²) < 4.78 is 33.4. The molecule has 5 nitrogen and oxygen atoms in total. The van der Waals surface area contributed by atoms with Gasteiger partial charge in [-0.1, -0.05) is 6.07 Å². The van der Waals surface area contributed by atoms with Crippen LogP contribution in [0.15, 0.2) is 23.1 Å². The van der Waals surface area contributed by atoms with Crippen molar-refractivity contribution in [1.29, 1.82) is 5.26 Å². The summed E-state index contributed by atoms with van der Waals surface area (Å²) in [6.07, 6.45) is 1.28. The van der Waals surface area contributed by atoms with E-state index in [1.54, 1.807) is 19.1 Å². The van der Waals surface area contributed by atoms with E-state index in [9.17, 15) is 8.42 Å². The molecule has 1 aliphatic rings. The molecule has 1 heterocycles. The number of ether oxygens (including phenoxy) is 1. The number of nitriles is 1.